The highest BCUT2D eigenvalue weighted by Crippen LogP contribution is 2.34. The van der Waals surface area contributed by atoms with E-state index >= 15 is 0 Å². The number of carbonyl (C=O) groups excluding carboxylic acids is 1. The van der Waals surface area contributed by atoms with Crippen molar-refractivity contribution in [1.82, 2.24) is 18.8 Å². The first kappa shape index (κ1) is 20.8. The second-order valence-corrected chi connectivity index (χ2v) is 9.69. The zero-order valence-electron chi connectivity index (χ0n) is 15.4. The fourth-order valence-electron chi connectivity index (χ4n) is 3.09. The molecule has 0 spiro atoms. The number of carbonyl (C=O) groups is 1. The fraction of sp³-hybridized carbons (Fsp3) is 0.562. The van der Waals surface area contributed by atoms with Crippen molar-refractivity contribution in [3.8, 4) is 10.7 Å². The number of aryl methyl sites for hydroxylation is 1. The number of alkyl halides is 2. The van der Waals surface area contributed by atoms with Crippen molar-refractivity contribution in [2.45, 2.75) is 33.2 Å². The van der Waals surface area contributed by atoms with Crippen molar-refractivity contribution in [3.05, 3.63) is 18.1 Å². The molecule has 0 atom stereocenters. The van der Waals surface area contributed by atoms with Gasteiger partial charge in [-0.1, -0.05) is 11.3 Å². The molecule has 1 saturated heterocycles. The summed E-state index contributed by atoms with van der Waals surface area (Å²) in [5, 5.41) is 3.04. The van der Waals surface area contributed by atoms with Gasteiger partial charge in [0.25, 0.3) is 0 Å². The molecule has 2 aromatic heterocycles. The minimum absolute atomic E-state index is 0.0411. The van der Waals surface area contributed by atoms with E-state index in [2.05, 4.69) is 15.3 Å². The number of rotatable bonds is 6. The summed E-state index contributed by atoms with van der Waals surface area (Å²) in [7, 11) is -3.25. The number of aromatic nitrogens is 3. The SMILES string of the molecule is CCS(=O)(=O)N1CCC(C(=O)Nc2nc(C)c(-c3nccn3C(F)F)s2)CC1. The maximum absolute atomic E-state index is 13.1. The van der Waals surface area contributed by atoms with Gasteiger partial charge in [0.1, 0.15) is 0 Å². The van der Waals surface area contributed by atoms with Crippen molar-refractivity contribution in [2.75, 3.05) is 24.2 Å². The normalized spacial score (nSPS) is 16.6. The Morgan fingerprint density at radius 1 is 1.39 bits per heavy atom. The molecule has 0 aliphatic carbocycles. The predicted molar refractivity (Wildman–Crippen MR) is 102 cm³/mol. The first-order chi connectivity index (χ1) is 13.2. The molecule has 0 bridgehead atoms. The van der Waals surface area contributed by atoms with Crippen LogP contribution in [-0.4, -0.2) is 52.0 Å². The minimum atomic E-state index is -3.25. The summed E-state index contributed by atoms with van der Waals surface area (Å²) in [5.74, 6) is -0.423. The molecule has 0 aromatic carbocycles. The number of imidazole rings is 1. The quantitative estimate of drug-likeness (QED) is 0.756. The molecule has 1 aliphatic rings. The third kappa shape index (κ3) is 4.23. The van der Waals surface area contributed by atoms with Gasteiger partial charge in [-0.2, -0.15) is 8.78 Å². The third-order valence-corrected chi connectivity index (χ3v) is 7.64. The molecule has 1 N–H and O–H groups in total. The molecule has 28 heavy (non-hydrogen) atoms. The van der Waals surface area contributed by atoms with E-state index in [0.717, 1.165) is 15.9 Å². The van der Waals surface area contributed by atoms with Crippen LogP contribution in [0.4, 0.5) is 13.9 Å². The lowest BCUT2D eigenvalue weighted by molar-refractivity contribution is -0.120. The Labute approximate surface area is 165 Å². The van der Waals surface area contributed by atoms with Gasteiger partial charge < -0.3 is 5.32 Å². The van der Waals surface area contributed by atoms with Gasteiger partial charge in [0, 0.05) is 31.4 Å². The van der Waals surface area contributed by atoms with Gasteiger partial charge in [-0.15, -0.1) is 0 Å². The van der Waals surface area contributed by atoms with Crippen LogP contribution in [0.25, 0.3) is 10.7 Å². The van der Waals surface area contributed by atoms with Crippen LogP contribution in [-0.2, 0) is 14.8 Å². The first-order valence-corrected chi connectivity index (χ1v) is 11.2. The maximum atomic E-state index is 13.1. The molecule has 154 valence electrons. The Balaban J connectivity index is 1.67. The highest BCUT2D eigenvalue weighted by atomic mass is 32.2. The molecule has 1 amide bonds. The lowest BCUT2D eigenvalue weighted by atomic mass is 9.97. The number of piperidine rings is 1. The number of sulfonamides is 1. The van der Waals surface area contributed by atoms with Gasteiger partial charge >= 0.3 is 6.55 Å². The number of nitrogens with one attached hydrogen (secondary N) is 1. The molecule has 1 aliphatic heterocycles. The molecule has 0 saturated carbocycles. The zero-order chi connectivity index (χ0) is 20.5. The monoisotopic (exact) mass is 433 g/mol. The smallest absolute Gasteiger partial charge is 0.302 e. The van der Waals surface area contributed by atoms with Crippen molar-refractivity contribution in [1.29, 1.82) is 0 Å². The molecule has 3 rings (SSSR count). The summed E-state index contributed by atoms with van der Waals surface area (Å²) in [6, 6.07) is 0. The summed E-state index contributed by atoms with van der Waals surface area (Å²) in [6.07, 6.45) is 3.34. The molecule has 3 heterocycles. The van der Waals surface area contributed by atoms with E-state index in [4.69, 9.17) is 0 Å². The molecule has 12 heteroatoms. The Morgan fingerprint density at radius 2 is 2.07 bits per heavy atom. The number of hydrogen-bond donors (Lipinski definition) is 1. The number of anilines is 1. The summed E-state index contributed by atoms with van der Waals surface area (Å²) < 4.78 is 52.1. The Bertz CT molecular complexity index is 949. The van der Waals surface area contributed by atoms with Crippen LogP contribution in [0, 0.1) is 12.8 Å². The van der Waals surface area contributed by atoms with Crippen LogP contribution < -0.4 is 5.32 Å². The van der Waals surface area contributed by atoms with Gasteiger partial charge in [0.15, 0.2) is 11.0 Å². The van der Waals surface area contributed by atoms with Crippen LogP contribution in [0.5, 0.6) is 0 Å². The number of nitrogens with zero attached hydrogens (tertiary/aromatic N) is 4. The van der Waals surface area contributed by atoms with Crippen molar-refractivity contribution in [2.24, 2.45) is 5.92 Å². The molecule has 0 radical (unpaired) electrons. The largest absolute Gasteiger partial charge is 0.320 e. The van der Waals surface area contributed by atoms with Crippen molar-refractivity contribution >= 4 is 32.4 Å². The molecule has 1 fully saturated rings. The zero-order valence-corrected chi connectivity index (χ0v) is 17.1. The Morgan fingerprint density at radius 3 is 2.68 bits per heavy atom. The van der Waals surface area contributed by atoms with E-state index < -0.39 is 16.6 Å². The number of amides is 1. The first-order valence-electron chi connectivity index (χ1n) is 8.80. The molecule has 0 unspecified atom stereocenters. The van der Waals surface area contributed by atoms with E-state index in [1.165, 1.54) is 16.7 Å². The van der Waals surface area contributed by atoms with E-state index in [-0.39, 0.29) is 23.4 Å². The van der Waals surface area contributed by atoms with Gasteiger partial charge in [-0.05, 0) is 26.7 Å². The third-order valence-electron chi connectivity index (χ3n) is 4.69. The van der Waals surface area contributed by atoms with E-state index in [1.54, 1.807) is 13.8 Å². The average Bonchev–Trinajstić information content (AvgIpc) is 3.28. The second-order valence-electron chi connectivity index (χ2n) is 6.43. The van der Waals surface area contributed by atoms with Gasteiger partial charge in [-0.25, -0.2) is 22.7 Å². The van der Waals surface area contributed by atoms with Crippen molar-refractivity contribution < 1.29 is 22.0 Å². The minimum Gasteiger partial charge on any atom is -0.302 e. The fourth-order valence-corrected chi connectivity index (χ4v) is 5.19. The standard InChI is InChI=1S/C16H21F2N5O3S2/c1-3-28(25,26)22-7-4-11(5-8-22)14(24)21-16-20-10(2)12(27-16)13-19-6-9-23(13)15(17)18/h6,9,11,15H,3-5,7-8H2,1-2H3,(H,20,21,24). The lowest BCUT2D eigenvalue weighted by Gasteiger charge is -2.30. The topological polar surface area (TPSA) is 97.2 Å². The van der Waals surface area contributed by atoms with Crippen LogP contribution in [0.3, 0.4) is 0 Å². The highest BCUT2D eigenvalue weighted by Gasteiger charge is 2.30. The number of hydrogen-bond acceptors (Lipinski definition) is 6. The van der Waals surface area contributed by atoms with Gasteiger partial charge in [0.05, 0.1) is 16.3 Å². The summed E-state index contributed by atoms with van der Waals surface area (Å²) in [5.41, 5.74) is 0.497. The predicted octanol–water partition coefficient (Wildman–Crippen LogP) is 2.71. The second kappa shape index (κ2) is 8.21. The van der Waals surface area contributed by atoms with Crippen molar-refractivity contribution in [3.63, 3.8) is 0 Å². The lowest BCUT2D eigenvalue weighted by Crippen LogP contribution is -2.42. The molecule has 2 aromatic rings. The molecule has 8 nitrogen and oxygen atoms in total. The summed E-state index contributed by atoms with van der Waals surface area (Å²) >= 11 is 1.08. The molecular formula is C16H21F2N5O3S2. The summed E-state index contributed by atoms with van der Waals surface area (Å²) in [6.45, 7) is 1.15. The highest BCUT2D eigenvalue weighted by molar-refractivity contribution is 7.89. The summed E-state index contributed by atoms with van der Waals surface area (Å²) in [4.78, 5) is 21.2. The molecular weight excluding hydrogens is 412 g/mol. The maximum Gasteiger partial charge on any atom is 0.320 e. The van der Waals surface area contributed by atoms with E-state index in [9.17, 15) is 22.0 Å². The number of thiazole rings is 1. The van der Waals surface area contributed by atoms with Gasteiger partial charge in [-0.3, -0.25) is 9.36 Å². The van der Waals surface area contributed by atoms with E-state index in [1.807, 2.05) is 0 Å². The Hall–Kier alpha value is -1.92. The van der Waals surface area contributed by atoms with E-state index in [0.29, 0.717) is 41.6 Å². The number of halogens is 2. The van der Waals surface area contributed by atoms with Crippen LogP contribution >= 0.6 is 11.3 Å². The van der Waals surface area contributed by atoms with Crippen LogP contribution in [0.15, 0.2) is 12.4 Å². The van der Waals surface area contributed by atoms with Crippen LogP contribution in [0.2, 0.25) is 0 Å². The van der Waals surface area contributed by atoms with Crippen LogP contribution in [0.1, 0.15) is 32.0 Å². The average molecular weight is 434 g/mol. The van der Waals surface area contributed by atoms with Gasteiger partial charge in [0.2, 0.25) is 15.9 Å². The Kier molecular flexibility index (Phi) is 6.10.